The molecule has 0 aromatic heterocycles. The van der Waals surface area contributed by atoms with Crippen molar-refractivity contribution in [1.29, 1.82) is 0 Å². The molecule has 0 aliphatic heterocycles. The molecule has 74 valence electrons. The minimum absolute atomic E-state index is 1.06. The van der Waals surface area contributed by atoms with Crippen LogP contribution in [-0.2, 0) is 0 Å². The standard InChI is InChI=1S/C14H18/c1-5-9-13(10-6-2)14(11-7-3)12-8-4/h5-9,11H,1-4H3. The SMILES string of the molecule is CC=C=C(C=CC)C(=C=CC)C=CC. The Hall–Kier alpha value is -1.48. The second-order valence-electron chi connectivity index (χ2n) is 2.69. The first kappa shape index (κ1) is 12.5. The van der Waals surface area contributed by atoms with E-state index in [2.05, 4.69) is 11.5 Å². The molecule has 0 bridgehead atoms. The van der Waals surface area contributed by atoms with Gasteiger partial charge < -0.3 is 0 Å². The number of hydrogen-bond donors (Lipinski definition) is 0. The lowest BCUT2D eigenvalue weighted by molar-refractivity contribution is 1.51. The molecule has 0 atom stereocenters. The van der Waals surface area contributed by atoms with Crippen LogP contribution >= 0.6 is 0 Å². The van der Waals surface area contributed by atoms with E-state index in [0.717, 1.165) is 11.1 Å². The summed E-state index contributed by atoms with van der Waals surface area (Å²) >= 11 is 0. The van der Waals surface area contributed by atoms with Crippen molar-refractivity contribution in [3.8, 4) is 0 Å². The molecule has 0 aliphatic carbocycles. The zero-order valence-electron chi connectivity index (χ0n) is 9.46. The van der Waals surface area contributed by atoms with Crippen LogP contribution in [0.5, 0.6) is 0 Å². The summed E-state index contributed by atoms with van der Waals surface area (Å²) in [5.41, 5.74) is 8.50. The fourth-order valence-electron chi connectivity index (χ4n) is 1.08. The summed E-state index contributed by atoms with van der Waals surface area (Å²) in [5, 5.41) is 0. The Bertz CT molecular complexity index is 300. The van der Waals surface area contributed by atoms with Gasteiger partial charge >= 0.3 is 0 Å². The van der Waals surface area contributed by atoms with Gasteiger partial charge in [0, 0.05) is 11.1 Å². The summed E-state index contributed by atoms with van der Waals surface area (Å²) in [5.74, 6) is 0. The molecule has 0 saturated carbocycles. The van der Waals surface area contributed by atoms with E-state index >= 15 is 0 Å². The van der Waals surface area contributed by atoms with E-state index in [4.69, 9.17) is 0 Å². The van der Waals surface area contributed by atoms with Crippen LogP contribution in [0.4, 0.5) is 0 Å². The van der Waals surface area contributed by atoms with Gasteiger partial charge in [-0.05, 0) is 39.8 Å². The summed E-state index contributed by atoms with van der Waals surface area (Å²) in [6.45, 7) is 7.93. The smallest absolute Gasteiger partial charge is 0.0307 e. The molecule has 0 heteroatoms. The third-order valence-corrected chi connectivity index (χ3v) is 1.56. The van der Waals surface area contributed by atoms with Crippen molar-refractivity contribution in [2.24, 2.45) is 0 Å². The number of hydrogen-bond acceptors (Lipinski definition) is 0. The predicted molar refractivity (Wildman–Crippen MR) is 64.2 cm³/mol. The predicted octanol–water partition coefficient (Wildman–Crippen LogP) is 4.34. The van der Waals surface area contributed by atoms with Crippen molar-refractivity contribution in [3.05, 3.63) is 59.1 Å². The normalized spacial score (nSPS) is 9.71. The molecule has 0 aromatic rings. The average Bonchev–Trinajstić information content (AvgIpc) is 2.17. The Labute approximate surface area is 87.3 Å². The van der Waals surface area contributed by atoms with Crippen molar-refractivity contribution in [2.45, 2.75) is 27.7 Å². The first-order chi connectivity index (χ1) is 6.79. The van der Waals surface area contributed by atoms with E-state index in [0.29, 0.717) is 0 Å². The van der Waals surface area contributed by atoms with Crippen LogP contribution in [0.25, 0.3) is 0 Å². The van der Waals surface area contributed by atoms with Crippen molar-refractivity contribution in [3.63, 3.8) is 0 Å². The molecule has 0 fully saturated rings. The van der Waals surface area contributed by atoms with Gasteiger partial charge in [0.25, 0.3) is 0 Å². The second kappa shape index (κ2) is 8.13. The lowest BCUT2D eigenvalue weighted by Gasteiger charge is -1.96. The molecule has 0 N–H and O–H groups in total. The molecule has 0 spiro atoms. The molecule has 0 unspecified atom stereocenters. The highest BCUT2D eigenvalue weighted by atomic mass is 14.0. The van der Waals surface area contributed by atoms with Crippen LogP contribution in [0.2, 0.25) is 0 Å². The van der Waals surface area contributed by atoms with Crippen molar-refractivity contribution < 1.29 is 0 Å². The quantitative estimate of drug-likeness (QED) is 0.454. The van der Waals surface area contributed by atoms with E-state index in [9.17, 15) is 0 Å². The lowest BCUT2D eigenvalue weighted by Crippen LogP contribution is -1.79. The van der Waals surface area contributed by atoms with E-state index < -0.39 is 0 Å². The Kier molecular flexibility index (Phi) is 7.27. The fraction of sp³-hybridized carbons (Fsp3) is 0.286. The monoisotopic (exact) mass is 186 g/mol. The molecule has 0 radical (unpaired) electrons. The van der Waals surface area contributed by atoms with Gasteiger partial charge in [0.05, 0.1) is 0 Å². The summed E-state index contributed by atoms with van der Waals surface area (Å²) < 4.78 is 0. The van der Waals surface area contributed by atoms with Crippen LogP contribution in [0.1, 0.15) is 27.7 Å². The average molecular weight is 186 g/mol. The second-order valence-corrected chi connectivity index (χ2v) is 2.69. The maximum Gasteiger partial charge on any atom is 0.0307 e. The Morgan fingerprint density at radius 3 is 1.29 bits per heavy atom. The molecule has 14 heavy (non-hydrogen) atoms. The van der Waals surface area contributed by atoms with Gasteiger partial charge in [0.2, 0.25) is 0 Å². The maximum atomic E-state index is 3.19. The van der Waals surface area contributed by atoms with E-state index in [-0.39, 0.29) is 0 Å². The molecular weight excluding hydrogens is 168 g/mol. The first-order valence-electron chi connectivity index (χ1n) is 4.88. The highest BCUT2D eigenvalue weighted by molar-refractivity contribution is 5.45. The van der Waals surface area contributed by atoms with Gasteiger partial charge in [0.15, 0.2) is 0 Å². The molecule has 0 nitrogen and oxygen atoms in total. The van der Waals surface area contributed by atoms with Gasteiger partial charge in [0.1, 0.15) is 0 Å². The molecule has 0 saturated heterocycles. The van der Waals surface area contributed by atoms with Gasteiger partial charge in [-0.2, -0.15) is 0 Å². The van der Waals surface area contributed by atoms with E-state index in [1.807, 2.05) is 64.2 Å². The lowest BCUT2D eigenvalue weighted by atomic mass is 10.1. The van der Waals surface area contributed by atoms with Crippen LogP contribution in [0, 0.1) is 0 Å². The van der Waals surface area contributed by atoms with Crippen LogP contribution in [0.15, 0.2) is 59.1 Å². The van der Waals surface area contributed by atoms with Crippen LogP contribution < -0.4 is 0 Å². The van der Waals surface area contributed by atoms with Gasteiger partial charge in [-0.25, -0.2) is 0 Å². The molecule has 0 heterocycles. The highest BCUT2D eigenvalue weighted by Crippen LogP contribution is 2.10. The van der Waals surface area contributed by atoms with E-state index in [1.165, 1.54) is 0 Å². The zero-order chi connectivity index (χ0) is 10.8. The van der Waals surface area contributed by atoms with Crippen LogP contribution in [-0.4, -0.2) is 0 Å². The molecule has 0 rings (SSSR count). The summed E-state index contributed by atoms with van der Waals surface area (Å²) in [6.07, 6.45) is 11.9. The van der Waals surface area contributed by atoms with Crippen LogP contribution in [0.3, 0.4) is 0 Å². The van der Waals surface area contributed by atoms with Crippen molar-refractivity contribution in [2.75, 3.05) is 0 Å². The van der Waals surface area contributed by atoms with Gasteiger partial charge in [-0.15, -0.1) is 11.5 Å². The Morgan fingerprint density at radius 2 is 1.07 bits per heavy atom. The molecule has 0 aliphatic rings. The number of rotatable bonds is 3. The summed E-state index contributed by atoms with van der Waals surface area (Å²) in [7, 11) is 0. The van der Waals surface area contributed by atoms with Gasteiger partial charge in [-0.1, -0.05) is 24.3 Å². The largest absolute Gasteiger partial charge is 0.116 e. The highest BCUT2D eigenvalue weighted by Gasteiger charge is 1.94. The minimum atomic E-state index is 1.06. The maximum absolute atomic E-state index is 3.19. The van der Waals surface area contributed by atoms with Gasteiger partial charge in [-0.3, -0.25) is 0 Å². The Morgan fingerprint density at radius 1 is 0.714 bits per heavy atom. The van der Waals surface area contributed by atoms with E-state index in [1.54, 1.807) is 0 Å². The summed E-state index contributed by atoms with van der Waals surface area (Å²) in [6, 6.07) is 0. The first-order valence-corrected chi connectivity index (χ1v) is 4.88. The topological polar surface area (TPSA) is 0 Å². The third-order valence-electron chi connectivity index (χ3n) is 1.56. The zero-order valence-corrected chi connectivity index (χ0v) is 9.46. The Balaban J connectivity index is 5.38. The number of allylic oxidation sites excluding steroid dienone is 6. The molecule has 0 amide bonds. The third kappa shape index (κ3) is 4.52. The summed E-state index contributed by atoms with van der Waals surface area (Å²) in [4.78, 5) is 0. The molecular formula is C14H18. The van der Waals surface area contributed by atoms with Crippen molar-refractivity contribution in [1.82, 2.24) is 0 Å². The van der Waals surface area contributed by atoms with Crippen molar-refractivity contribution >= 4 is 0 Å². The molecule has 0 aromatic carbocycles. The fourth-order valence-corrected chi connectivity index (χ4v) is 1.08. The minimum Gasteiger partial charge on any atom is -0.116 e.